The van der Waals surface area contributed by atoms with Crippen LogP contribution in [0.15, 0.2) is 33.7 Å². The summed E-state index contributed by atoms with van der Waals surface area (Å²) in [7, 11) is -2.17. The van der Waals surface area contributed by atoms with E-state index in [0.29, 0.717) is 36.5 Å². The minimum Gasteiger partial charge on any atom is -0.339 e. The molecule has 1 aromatic carbocycles. The predicted octanol–water partition coefficient (Wildman–Crippen LogP) is 2.12. The summed E-state index contributed by atoms with van der Waals surface area (Å²) in [5.74, 6) is 1.35. The molecule has 7 nitrogen and oxygen atoms in total. The second kappa shape index (κ2) is 6.45. The van der Waals surface area contributed by atoms with Gasteiger partial charge in [0, 0.05) is 24.3 Å². The highest BCUT2D eigenvalue weighted by Gasteiger charge is 2.31. The summed E-state index contributed by atoms with van der Waals surface area (Å²) in [6.07, 6.45) is 1.76. The Labute approximate surface area is 140 Å². The normalized spacial score (nSPS) is 21.8. The van der Waals surface area contributed by atoms with Crippen molar-refractivity contribution >= 4 is 15.8 Å². The fourth-order valence-corrected chi connectivity index (χ4v) is 3.77. The maximum Gasteiger partial charge on any atom is 0.240 e. The Bertz CT molecular complexity index is 860. The van der Waals surface area contributed by atoms with E-state index in [1.807, 2.05) is 6.92 Å². The van der Waals surface area contributed by atoms with Crippen molar-refractivity contribution in [1.82, 2.24) is 14.9 Å². The molecule has 1 aromatic heterocycles. The standard InChI is InChI=1S/C16H19N3O4S/c1-10-8-12(20)6-7-14(10)16-18-15(19-23-16)11-4-3-5-13(9-11)24(21,22)17-2/h3-5,9-10,14,17H,6-8H2,1-2H3. The SMILES string of the molecule is CNS(=O)(=O)c1cccc(-c2noc(C3CCC(=O)CC3C)n2)c1. The van der Waals surface area contributed by atoms with E-state index < -0.39 is 10.0 Å². The third-order valence-electron chi connectivity index (χ3n) is 4.40. The zero-order chi connectivity index (χ0) is 17.3. The summed E-state index contributed by atoms with van der Waals surface area (Å²) in [6, 6.07) is 6.38. The molecule has 2 atom stereocenters. The van der Waals surface area contributed by atoms with Crippen molar-refractivity contribution in [2.24, 2.45) is 5.92 Å². The number of rotatable bonds is 4. The Hall–Kier alpha value is -2.06. The molecule has 1 heterocycles. The summed E-state index contributed by atoms with van der Waals surface area (Å²) in [4.78, 5) is 16.1. The van der Waals surface area contributed by atoms with E-state index in [4.69, 9.17) is 4.52 Å². The topological polar surface area (TPSA) is 102 Å². The molecule has 0 amide bonds. The number of hydrogen-bond donors (Lipinski definition) is 1. The number of carbonyl (C=O) groups is 1. The van der Waals surface area contributed by atoms with Gasteiger partial charge in [0.05, 0.1) is 4.90 Å². The van der Waals surface area contributed by atoms with Gasteiger partial charge in [-0.15, -0.1) is 0 Å². The Morgan fingerprint density at radius 2 is 2.12 bits per heavy atom. The van der Waals surface area contributed by atoms with Crippen molar-refractivity contribution in [3.8, 4) is 11.4 Å². The van der Waals surface area contributed by atoms with Gasteiger partial charge in [0.25, 0.3) is 0 Å². The lowest BCUT2D eigenvalue weighted by atomic mass is 9.80. The summed E-state index contributed by atoms with van der Waals surface area (Å²) in [6.45, 7) is 2.01. The third kappa shape index (κ3) is 3.25. The lowest BCUT2D eigenvalue weighted by Crippen LogP contribution is -2.21. The van der Waals surface area contributed by atoms with E-state index in [9.17, 15) is 13.2 Å². The first-order valence-electron chi connectivity index (χ1n) is 7.80. The van der Waals surface area contributed by atoms with Crippen molar-refractivity contribution < 1.29 is 17.7 Å². The van der Waals surface area contributed by atoms with Crippen LogP contribution >= 0.6 is 0 Å². The number of ketones is 1. The van der Waals surface area contributed by atoms with Gasteiger partial charge < -0.3 is 4.52 Å². The highest BCUT2D eigenvalue weighted by molar-refractivity contribution is 7.89. The molecule has 1 saturated carbocycles. The fourth-order valence-electron chi connectivity index (χ4n) is 2.99. The van der Waals surface area contributed by atoms with E-state index in [2.05, 4.69) is 14.9 Å². The van der Waals surface area contributed by atoms with Gasteiger partial charge in [-0.25, -0.2) is 13.1 Å². The van der Waals surface area contributed by atoms with Gasteiger partial charge in [-0.2, -0.15) is 4.98 Å². The predicted molar refractivity (Wildman–Crippen MR) is 86.7 cm³/mol. The molecule has 2 aromatic rings. The first-order chi connectivity index (χ1) is 11.4. The second-order valence-electron chi connectivity index (χ2n) is 6.06. The molecule has 0 saturated heterocycles. The number of nitrogens with one attached hydrogen (secondary N) is 1. The minimum absolute atomic E-state index is 0.0631. The molecule has 1 aliphatic rings. The Morgan fingerprint density at radius 3 is 2.83 bits per heavy atom. The maximum absolute atomic E-state index is 11.9. The van der Waals surface area contributed by atoms with Crippen molar-refractivity contribution in [3.05, 3.63) is 30.2 Å². The van der Waals surface area contributed by atoms with Gasteiger partial charge in [0.1, 0.15) is 5.78 Å². The average molecular weight is 349 g/mol. The van der Waals surface area contributed by atoms with E-state index in [-0.39, 0.29) is 22.5 Å². The number of aromatic nitrogens is 2. The summed E-state index contributed by atoms with van der Waals surface area (Å²) >= 11 is 0. The molecular formula is C16H19N3O4S. The van der Waals surface area contributed by atoms with Crippen molar-refractivity contribution in [2.45, 2.75) is 37.0 Å². The molecule has 8 heteroatoms. The molecule has 1 aliphatic carbocycles. The van der Waals surface area contributed by atoms with Crippen LogP contribution in [0.4, 0.5) is 0 Å². The number of benzene rings is 1. The van der Waals surface area contributed by atoms with Crippen LogP contribution in [0, 0.1) is 5.92 Å². The Balaban J connectivity index is 1.89. The Morgan fingerprint density at radius 1 is 1.33 bits per heavy atom. The number of Topliss-reactive ketones (excluding diaryl/α,β-unsaturated/α-hetero) is 1. The first-order valence-corrected chi connectivity index (χ1v) is 9.28. The van der Waals surface area contributed by atoms with Crippen LogP contribution in [-0.2, 0) is 14.8 Å². The molecule has 0 bridgehead atoms. The molecule has 2 unspecified atom stereocenters. The van der Waals surface area contributed by atoms with Gasteiger partial charge >= 0.3 is 0 Å². The minimum atomic E-state index is -3.53. The number of sulfonamides is 1. The average Bonchev–Trinajstić information content (AvgIpc) is 3.04. The molecule has 1 fully saturated rings. The molecule has 3 rings (SSSR count). The molecule has 0 spiro atoms. The van der Waals surface area contributed by atoms with E-state index in [0.717, 1.165) is 0 Å². The quantitative estimate of drug-likeness (QED) is 0.907. The molecule has 0 radical (unpaired) electrons. The second-order valence-corrected chi connectivity index (χ2v) is 7.94. The van der Waals surface area contributed by atoms with E-state index in [1.54, 1.807) is 12.1 Å². The zero-order valence-corrected chi connectivity index (χ0v) is 14.3. The maximum atomic E-state index is 11.9. The van der Waals surface area contributed by atoms with Crippen molar-refractivity contribution in [3.63, 3.8) is 0 Å². The van der Waals surface area contributed by atoms with Gasteiger partial charge in [-0.05, 0) is 31.5 Å². The number of nitrogens with zero attached hydrogens (tertiary/aromatic N) is 2. The molecule has 1 N–H and O–H groups in total. The largest absolute Gasteiger partial charge is 0.339 e. The van der Waals surface area contributed by atoms with Crippen LogP contribution in [0.5, 0.6) is 0 Å². The first kappa shape index (κ1) is 16.8. The summed E-state index contributed by atoms with van der Waals surface area (Å²) < 4.78 is 31.5. The highest BCUT2D eigenvalue weighted by atomic mass is 32.2. The fraction of sp³-hybridized carbons (Fsp3) is 0.438. The van der Waals surface area contributed by atoms with Crippen LogP contribution in [0.25, 0.3) is 11.4 Å². The van der Waals surface area contributed by atoms with Gasteiger partial charge in [0.15, 0.2) is 0 Å². The zero-order valence-electron chi connectivity index (χ0n) is 13.5. The van der Waals surface area contributed by atoms with Crippen LogP contribution in [0.1, 0.15) is 38.0 Å². The van der Waals surface area contributed by atoms with Crippen LogP contribution in [0.3, 0.4) is 0 Å². The van der Waals surface area contributed by atoms with Gasteiger partial charge in [-0.1, -0.05) is 24.2 Å². The van der Waals surface area contributed by atoms with E-state index in [1.165, 1.54) is 19.2 Å². The molecular weight excluding hydrogens is 330 g/mol. The van der Waals surface area contributed by atoms with Crippen LogP contribution in [-0.4, -0.2) is 31.4 Å². The number of hydrogen-bond acceptors (Lipinski definition) is 6. The van der Waals surface area contributed by atoms with Gasteiger partial charge in [-0.3, -0.25) is 4.79 Å². The van der Waals surface area contributed by atoms with Crippen LogP contribution < -0.4 is 4.72 Å². The third-order valence-corrected chi connectivity index (χ3v) is 5.81. The lowest BCUT2D eigenvalue weighted by Gasteiger charge is -2.24. The molecule has 0 aliphatic heterocycles. The van der Waals surface area contributed by atoms with Crippen molar-refractivity contribution in [1.29, 1.82) is 0 Å². The lowest BCUT2D eigenvalue weighted by molar-refractivity contribution is -0.121. The summed E-state index contributed by atoms with van der Waals surface area (Å²) in [5, 5.41) is 3.98. The van der Waals surface area contributed by atoms with E-state index >= 15 is 0 Å². The van der Waals surface area contributed by atoms with Crippen molar-refractivity contribution in [2.75, 3.05) is 7.05 Å². The van der Waals surface area contributed by atoms with Gasteiger partial charge in [0.2, 0.25) is 21.7 Å². The monoisotopic (exact) mass is 349 g/mol. The molecule has 128 valence electrons. The summed E-state index contributed by atoms with van der Waals surface area (Å²) in [5.41, 5.74) is 0.570. The van der Waals surface area contributed by atoms with Crippen LogP contribution in [0.2, 0.25) is 0 Å². The number of carbonyl (C=O) groups excluding carboxylic acids is 1. The highest BCUT2D eigenvalue weighted by Crippen LogP contribution is 2.36. The smallest absolute Gasteiger partial charge is 0.240 e. The Kier molecular flexibility index (Phi) is 4.51. The molecule has 24 heavy (non-hydrogen) atoms.